The van der Waals surface area contributed by atoms with Gasteiger partial charge in [0.05, 0.1) is 12.1 Å². The Bertz CT molecular complexity index is 872. The van der Waals surface area contributed by atoms with Gasteiger partial charge in [-0.1, -0.05) is 63.0 Å². The van der Waals surface area contributed by atoms with Gasteiger partial charge in [0.2, 0.25) is 0 Å². The molecule has 5 nitrogen and oxygen atoms in total. The van der Waals surface area contributed by atoms with Crippen LogP contribution in [0.3, 0.4) is 0 Å². The van der Waals surface area contributed by atoms with Gasteiger partial charge >= 0.3 is 6.09 Å². The van der Waals surface area contributed by atoms with Gasteiger partial charge in [-0.15, -0.1) is 0 Å². The molecule has 3 rings (SSSR count). The summed E-state index contributed by atoms with van der Waals surface area (Å²) in [5, 5.41) is 5.69. The number of primary amides is 1. The molecule has 0 spiro atoms. The van der Waals surface area contributed by atoms with Crippen molar-refractivity contribution in [3.05, 3.63) is 34.5 Å². The predicted octanol–water partition coefficient (Wildman–Crippen LogP) is 7.18. The van der Waals surface area contributed by atoms with Crippen LogP contribution in [-0.2, 0) is 17.6 Å². The van der Waals surface area contributed by atoms with Crippen LogP contribution in [0.5, 0.6) is 0 Å². The number of pyridine rings is 1. The zero-order valence-electron chi connectivity index (χ0n) is 19.3. The molecule has 0 saturated carbocycles. The zero-order valence-corrected chi connectivity index (χ0v) is 20.0. The fraction of sp³-hybridized carbons (Fsp3) is 0.615. The van der Waals surface area contributed by atoms with Gasteiger partial charge < -0.3 is 15.8 Å². The standard InChI is InChI=1S/C26H38ClN3O2/c27-20-15-16-24-22(19-20)25(21-13-9-10-14-23(21)30-24)29-17-11-7-5-3-1-2-4-6-8-12-18-32-26(28)31/h15-16,19H,1-14,17-18H2,(H2,28,31)(H,29,30). The quantitative estimate of drug-likeness (QED) is 0.293. The number of benzene rings is 1. The Kier molecular flexibility index (Phi) is 10.4. The van der Waals surface area contributed by atoms with E-state index in [1.54, 1.807) is 0 Å². The van der Waals surface area contributed by atoms with Gasteiger partial charge in [-0.3, -0.25) is 4.98 Å². The van der Waals surface area contributed by atoms with E-state index in [0.717, 1.165) is 42.8 Å². The van der Waals surface area contributed by atoms with Crippen molar-refractivity contribution in [2.45, 2.75) is 89.9 Å². The lowest BCUT2D eigenvalue weighted by molar-refractivity contribution is 0.154. The van der Waals surface area contributed by atoms with E-state index in [0.29, 0.717) is 6.61 Å². The highest BCUT2D eigenvalue weighted by Crippen LogP contribution is 2.34. The minimum Gasteiger partial charge on any atom is -0.450 e. The van der Waals surface area contributed by atoms with Gasteiger partial charge in [-0.05, 0) is 62.3 Å². The molecule has 1 aliphatic rings. The number of aryl methyl sites for hydroxylation is 1. The van der Waals surface area contributed by atoms with E-state index in [4.69, 9.17) is 27.1 Å². The summed E-state index contributed by atoms with van der Waals surface area (Å²) in [6.07, 6.45) is 16.2. The Balaban J connectivity index is 1.31. The maximum atomic E-state index is 10.5. The molecule has 0 atom stereocenters. The fourth-order valence-electron chi connectivity index (χ4n) is 4.63. The summed E-state index contributed by atoms with van der Waals surface area (Å²) < 4.78 is 4.74. The maximum Gasteiger partial charge on any atom is 0.404 e. The summed E-state index contributed by atoms with van der Waals surface area (Å²) in [6.45, 7) is 1.46. The average molecular weight is 460 g/mol. The van der Waals surface area contributed by atoms with Crippen molar-refractivity contribution in [2.24, 2.45) is 5.73 Å². The number of anilines is 1. The number of carbonyl (C=O) groups is 1. The highest BCUT2D eigenvalue weighted by Gasteiger charge is 2.18. The third kappa shape index (κ3) is 7.84. The minimum atomic E-state index is -0.668. The van der Waals surface area contributed by atoms with Crippen LogP contribution in [0.25, 0.3) is 10.9 Å². The number of ether oxygens (including phenoxy) is 1. The van der Waals surface area contributed by atoms with Crippen molar-refractivity contribution in [1.82, 2.24) is 4.98 Å². The normalized spacial score (nSPS) is 13.2. The van der Waals surface area contributed by atoms with E-state index in [-0.39, 0.29) is 0 Å². The van der Waals surface area contributed by atoms with Gasteiger partial charge in [-0.2, -0.15) is 0 Å². The molecule has 0 radical (unpaired) electrons. The number of rotatable bonds is 14. The van der Waals surface area contributed by atoms with E-state index in [2.05, 4.69) is 11.4 Å². The number of hydrogen-bond acceptors (Lipinski definition) is 4. The Morgan fingerprint density at radius 1 is 0.969 bits per heavy atom. The lowest BCUT2D eigenvalue weighted by Gasteiger charge is -2.22. The summed E-state index contributed by atoms with van der Waals surface area (Å²) in [4.78, 5) is 15.4. The van der Waals surface area contributed by atoms with Crippen LogP contribution in [0.15, 0.2) is 18.2 Å². The topological polar surface area (TPSA) is 77.2 Å². The Hall–Kier alpha value is -2.01. The van der Waals surface area contributed by atoms with Crippen molar-refractivity contribution >= 4 is 34.3 Å². The first-order valence-electron chi connectivity index (χ1n) is 12.4. The number of unbranched alkanes of at least 4 members (excludes halogenated alkanes) is 9. The number of halogens is 1. The zero-order chi connectivity index (χ0) is 22.6. The molecule has 0 bridgehead atoms. The third-order valence-corrected chi connectivity index (χ3v) is 6.58. The molecule has 0 fully saturated rings. The molecular weight excluding hydrogens is 422 g/mol. The highest BCUT2D eigenvalue weighted by molar-refractivity contribution is 6.31. The highest BCUT2D eigenvalue weighted by atomic mass is 35.5. The first-order valence-corrected chi connectivity index (χ1v) is 12.8. The summed E-state index contributed by atoms with van der Waals surface area (Å²) in [5.74, 6) is 0. The minimum absolute atomic E-state index is 0.453. The molecule has 3 N–H and O–H groups in total. The van der Waals surface area contributed by atoms with Crippen LogP contribution in [0.4, 0.5) is 10.5 Å². The summed E-state index contributed by atoms with van der Waals surface area (Å²) in [5.41, 5.74) is 9.95. The molecule has 2 aromatic rings. The predicted molar refractivity (Wildman–Crippen MR) is 134 cm³/mol. The van der Waals surface area contributed by atoms with Crippen molar-refractivity contribution in [3.63, 3.8) is 0 Å². The molecule has 1 aliphatic carbocycles. The molecule has 1 heterocycles. The first kappa shape index (κ1) is 24.6. The summed E-state index contributed by atoms with van der Waals surface area (Å²) >= 11 is 6.29. The van der Waals surface area contributed by atoms with Crippen molar-refractivity contribution in [1.29, 1.82) is 0 Å². The molecule has 1 aromatic heterocycles. The lowest BCUT2D eigenvalue weighted by Crippen LogP contribution is -2.13. The van der Waals surface area contributed by atoms with Crippen LogP contribution >= 0.6 is 11.6 Å². The lowest BCUT2D eigenvalue weighted by atomic mass is 9.92. The van der Waals surface area contributed by atoms with Gasteiger partial charge in [-0.25, -0.2) is 4.79 Å². The van der Waals surface area contributed by atoms with Gasteiger partial charge in [0.25, 0.3) is 0 Å². The number of fused-ring (bicyclic) bond motifs is 2. The molecule has 6 heteroatoms. The Labute approximate surface area is 197 Å². The van der Waals surface area contributed by atoms with E-state index in [1.165, 1.54) is 86.5 Å². The summed E-state index contributed by atoms with van der Waals surface area (Å²) in [7, 11) is 0. The number of aromatic nitrogens is 1. The number of nitrogens with zero attached hydrogens (tertiary/aromatic N) is 1. The van der Waals surface area contributed by atoms with Gasteiger partial charge in [0.15, 0.2) is 0 Å². The first-order chi connectivity index (χ1) is 15.6. The number of nitrogens with one attached hydrogen (secondary N) is 1. The second-order valence-electron chi connectivity index (χ2n) is 8.91. The largest absolute Gasteiger partial charge is 0.450 e. The monoisotopic (exact) mass is 459 g/mol. The number of hydrogen-bond donors (Lipinski definition) is 2. The van der Waals surface area contributed by atoms with E-state index in [9.17, 15) is 4.79 Å². The van der Waals surface area contributed by atoms with Crippen molar-refractivity contribution in [3.8, 4) is 0 Å². The van der Waals surface area contributed by atoms with Crippen LogP contribution in [0, 0.1) is 0 Å². The van der Waals surface area contributed by atoms with Crippen LogP contribution < -0.4 is 11.1 Å². The van der Waals surface area contributed by atoms with Crippen LogP contribution in [-0.4, -0.2) is 24.2 Å². The van der Waals surface area contributed by atoms with Crippen molar-refractivity contribution < 1.29 is 9.53 Å². The SMILES string of the molecule is NC(=O)OCCCCCCCCCCCCNc1c2c(nc3ccc(Cl)cc13)CCCC2. The Morgan fingerprint density at radius 3 is 2.34 bits per heavy atom. The second kappa shape index (κ2) is 13.5. The maximum absolute atomic E-state index is 10.5. The smallest absolute Gasteiger partial charge is 0.404 e. The molecule has 32 heavy (non-hydrogen) atoms. The van der Waals surface area contributed by atoms with Crippen molar-refractivity contribution in [2.75, 3.05) is 18.5 Å². The molecule has 0 aliphatic heterocycles. The van der Waals surface area contributed by atoms with Gasteiger partial charge in [0.1, 0.15) is 0 Å². The second-order valence-corrected chi connectivity index (χ2v) is 9.35. The van der Waals surface area contributed by atoms with Crippen LogP contribution in [0.2, 0.25) is 5.02 Å². The molecule has 176 valence electrons. The average Bonchev–Trinajstić information content (AvgIpc) is 2.78. The molecule has 0 saturated heterocycles. The van der Waals surface area contributed by atoms with Crippen LogP contribution in [0.1, 0.15) is 88.3 Å². The third-order valence-electron chi connectivity index (χ3n) is 6.34. The Morgan fingerprint density at radius 2 is 1.62 bits per heavy atom. The summed E-state index contributed by atoms with van der Waals surface area (Å²) in [6, 6.07) is 6.05. The van der Waals surface area contributed by atoms with Gasteiger partial charge in [0, 0.05) is 28.3 Å². The van der Waals surface area contributed by atoms with E-state index in [1.807, 2.05) is 12.1 Å². The molecule has 1 amide bonds. The molecule has 1 aromatic carbocycles. The fourth-order valence-corrected chi connectivity index (χ4v) is 4.80. The number of carbonyl (C=O) groups excluding carboxylic acids is 1. The molecular formula is C26H38ClN3O2. The van der Waals surface area contributed by atoms with E-state index < -0.39 is 6.09 Å². The molecule has 0 unspecified atom stereocenters. The number of amides is 1. The van der Waals surface area contributed by atoms with E-state index >= 15 is 0 Å². The number of nitrogens with two attached hydrogens (primary N) is 1.